The van der Waals surface area contributed by atoms with Gasteiger partial charge in [0.25, 0.3) is 5.56 Å². The average Bonchev–Trinajstić information content (AvgIpc) is 3.15. The molecule has 0 spiro atoms. The highest BCUT2D eigenvalue weighted by Gasteiger charge is 2.23. The Labute approximate surface area is 147 Å². The van der Waals surface area contributed by atoms with E-state index >= 15 is 0 Å². The topological polar surface area (TPSA) is 76.5 Å². The van der Waals surface area contributed by atoms with Crippen molar-refractivity contribution in [1.82, 2.24) is 24.7 Å². The third kappa shape index (κ3) is 2.77. The van der Waals surface area contributed by atoms with Crippen molar-refractivity contribution in [2.75, 3.05) is 0 Å². The van der Waals surface area contributed by atoms with Crippen LogP contribution >= 0.6 is 23.1 Å². The molecule has 0 amide bonds. The number of aromatic amines is 1. The van der Waals surface area contributed by atoms with E-state index in [2.05, 4.69) is 29.0 Å². The largest absolute Gasteiger partial charge is 0.309 e. The molecule has 6 nitrogen and oxygen atoms in total. The maximum atomic E-state index is 12.6. The Kier molecular flexibility index (Phi) is 4.17. The van der Waals surface area contributed by atoms with Crippen LogP contribution in [0.3, 0.4) is 0 Å². The zero-order valence-corrected chi connectivity index (χ0v) is 15.3. The van der Waals surface area contributed by atoms with Crippen molar-refractivity contribution in [1.29, 1.82) is 0 Å². The van der Waals surface area contributed by atoms with E-state index in [1.165, 1.54) is 10.4 Å². The summed E-state index contributed by atoms with van der Waals surface area (Å²) in [5.74, 6) is 1.98. The fourth-order valence-electron chi connectivity index (χ4n) is 3.17. The van der Waals surface area contributed by atoms with Crippen LogP contribution in [0.1, 0.15) is 36.5 Å². The molecule has 4 rings (SSSR count). The highest BCUT2D eigenvalue weighted by atomic mass is 32.2. The molecule has 24 heavy (non-hydrogen) atoms. The Balaban J connectivity index is 1.64. The summed E-state index contributed by atoms with van der Waals surface area (Å²) in [6, 6.07) is 0. The summed E-state index contributed by atoms with van der Waals surface area (Å²) in [5.41, 5.74) is 1.23. The van der Waals surface area contributed by atoms with Crippen LogP contribution in [0.5, 0.6) is 0 Å². The van der Waals surface area contributed by atoms with Crippen molar-refractivity contribution < 1.29 is 0 Å². The Morgan fingerprint density at radius 2 is 2.38 bits per heavy atom. The Morgan fingerprint density at radius 3 is 3.21 bits per heavy atom. The maximum absolute atomic E-state index is 12.6. The molecule has 1 N–H and O–H groups in total. The number of thiophene rings is 1. The third-order valence-electron chi connectivity index (χ3n) is 4.47. The second-order valence-corrected chi connectivity index (χ2v) is 8.26. The van der Waals surface area contributed by atoms with Crippen LogP contribution in [0.25, 0.3) is 10.2 Å². The Bertz CT molecular complexity index is 942. The van der Waals surface area contributed by atoms with Crippen LogP contribution in [0, 0.1) is 5.92 Å². The van der Waals surface area contributed by atoms with Gasteiger partial charge in [-0.25, -0.2) is 4.98 Å². The van der Waals surface area contributed by atoms with Gasteiger partial charge in [0.15, 0.2) is 5.16 Å². The van der Waals surface area contributed by atoms with E-state index in [0.717, 1.165) is 41.2 Å². The molecular weight excluding hydrogens is 342 g/mol. The summed E-state index contributed by atoms with van der Waals surface area (Å²) >= 11 is 3.23. The van der Waals surface area contributed by atoms with E-state index in [-0.39, 0.29) is 5.56 Å². The first kappa shape index (κ1) is 15.8. The van der Waals surface area contributed by atoms with Gasteiger partial charge >= 0.3 is 0 Å². The van der Waals surface area contributed by atoms with E-state index in [1.807, 2.05) is 4.57 Å². The normalized spacial score (nSPS) is 17.3. The minimum atomic E-state index is -0.000360. The fraction of sp³-hybridized carbons (Fsp3) is 0.500. The molecule has 1 aliphatic rings. The van der Waals surface area contributed by atoms with Gasteiger partial charge in [0.05, 0.1) is 11.1 Å². The number of fused-ring (bicyclic) bond motifs is 3. The molecule has 0 bridgehead atoms. The standard InChI is InChI=1S/C16H19N5OS2/c1-3-21-8-17-20-16(21)23-7-12-18-14(22)13-10-5-4-9(2)6-11(10)24-15(13)19-12/h8-9H,3-7H2,1-2H3,(H,18,19,22)/t9-/m1/s1. The molecule has 3 aromatic rings. The second kappa shape index (κ2) is 6.33. The van der Waals surface area contributed by atoms with E-state index in [1.54, 1.807) is 29.4 Å². The van der Waals surface area contributed by atoms with Crippen molar-refractivity contribution in [2.45, 2.75) is 50.6 Å². The summed E-state index contributed by atoms with van der Waals surface area (Å²) in [7, 11) is 0. The molecule has 8 heteroatoms. The number of aromatic nitrogens is 5. The van der Waals surface area contributed by atoms with Gasteiger partial charge in [-0.1, -0.05) is 18.7 Å². The van der Waals surface area contributed by atoms with Crippen LogP contribution in [0.4, 0.5) is 0 Å². The summed E-state index contributed by atoms with van der Waals surface area (Å²) in [5, 5.41) is 9.69. The van der Waals surface area contributed by atoms with Gasteiger partial charge in [0.2, 0.25) is 0 Å². The molecule has 1 atom stereocenters. The van der Waals surface area contributed by atoms with Crippen molar-refractivity contribution in [3.8, 4) is 0 Å². The fourth-order valence-corrected chi connectivity index (χ4v) is 5.42. The minimum absolute atomic E-state index is 0.000360. The van der Waals surface area contributed by atoms with Crippen LogP contribution in [0.2, 0.25) is 0 Å². The lowest BCUT2D eigenvalue weighted by atomic mass is 9.89. The molecule has 0 unspecified atom stereocenters. The number of rotatable bonds is 4. The minimum Gasteiger partial charge on any atom is -0.309 e. The molecule has 3 heterocycles. The summed E-state index contributed by atoms with van der Waals surface area (Å²) < 4.78 is 1.98. The Hall–Kier alpha value is -1.67. The summed E-state index contributed by atoms with van der Waals surface area (Å²) in [6.07, 6.45) is 4.94. The van der Waals surface area contributed by atoms with Gasteiger partial charge in [-0.3, -0.25) is 4.79 Å². The predicted octanol–water partition coefficient (Wildman–Crippen LogP) is 3.01. The van der Waals surface area contributed by atoms with Crippen molar-refractivity contribution >= 4 is 33.3 Å². The first-order chi connectivity index (χ1) is 11.7. The highest BCUT2D eigenvalue weighted by molar-refractivity contribution is 7.98. The van der Waals surface area contributed by atoms with Crippen LogP contribution in [-0.2, 0) is 25.1 Å². The second-order valence-electron chi connectivity index (χ2n) is 6.23. The van der Waals surface area contributed by atoms with Gasteiger partial charge in [-0.15, -0.1) is 21.5 Å². The lowest BCUT2D eigenvalue weighted by molar-refractivity contribution is 0.509. The number of hydrogen-bond donors (Lipinski definition) is 1. The van der Waals surface area contributed by atoms with Gasteiger partial charge < -0.3 is 9.55 Å². The van der Waals surface area contributed by atoms with E-state index in [4.69, 9.17) is 4.98 Å². The molecule has 3 aromatic heterocycles. The van der Waals surface area contributed by atoms with Crippen molar-refractivity contribution in [3.63, 3.8) is 0 Å². The van der Waals surface area contributed by atoms with Gasteiger partial charge in [0.1, 0.15) is 17.0 Å². The smallest absolute Gasteiger partial charge is 0.259 e. The summed E-state index contributed by atoms with van der Waals surface area (Å²) in [6.45, 7) is 5.15. The van der Waals surface area contributed by atoms with E-state index < -0.39 is 0 Å². The number of aryl methyl sites for hydroxylation is 2. The van der Waals surface area contributed by atoms with Crippen LogP contribution in [0.15, 0.2) is 16.3 Å². The first-order valence-corrected chi connectivity index (χ1v) is 10.00. The molecule has 0 aliphatic heterocycles. The van der Waals surface area contributed by atoms with Crippen LogP contribution in [-0.4, -0.2) is 24.7 Å². The van der Waals surface area contributed by atoms with Gasteiger partial charge in [-0.2, -0.15) is 0 Å². The zero-order valence-electron chi connectivity index (χ0n) is 13.7. The number of nitrogens with one attached hydrogen (secondary N) is 1. The van der Waals surface area contributed by atoms with Crippen molar-refractivity contribution in [2.24, 2.45) is 5.92 Å². The molecule has 0 saturated heterocycles. The first-order valence-electron chi connectivity index (χ1n) is 8.19. The van der Waals surface area contributed by atoms with Gasteiger partial charge in [-0.05, 0) is 37.7 Å². The third-order valence-corrected chi connectivity index (χ3v) is 6.61. The quantitative estimate of drug-likeness (QED) is 0.723. The molecule has 1 aliphatic carbocycles. The SMILES string of the molecule is CCn1cnnc1SCc1nc2sc3c(c2c(=O)[nH]1)CC[C@@H](C)C3. The van der Waals surface area contributed by atoms with Crippen LogP contribution < -0.4 is 5.56 Å². The molecule has 0 aromatic carbocycles. The average molecular weight is 361 g/mol. The summed E-state index contributed by atoms with van der Waals surface area (Å²) in [4.78, 5) is 22.5. The van der Waals surface area contributed by atoms with Crippen molar-refractivity contribution in [3.05, 3.63) is 32.9 Å². The number of nitrogens with zero attached hydrogens (tertiary/aromatic N) is 4. The zero-order chi connectivity index (χ0) is 16.7. The number of thioether (sulfide) groups is 1. The highest BCUT2D eigenvalue weighted by Crippen LogP contribution is 2.35. The lowest BCUT2D eigenvalue weighted by Crippen LogP contribution is -2.14. The Morgan fingerprint density at radius 1 is 1.50 bits per heavy atom. The predicted molar refractivity (Wildman–Crippen MR) is 96.7 cm³/mol. The molecule has 0 saturated carbocycles. The van der Waals surface area contributed by atoms with E-state index in [9.17, 15) is 4.79 Å². The molecule has 126 valence electrons. The monoisotopic (exact) mass is 361 g/mol. The lowest BCUT2D eigenvalue weighted by Gasteiger charge is -2.17. The molecular formula is C16H19N5OS2. The molecule has 0 radical (unpaired) electrons. The number of hydrogen-bond acceptors (Lipinski definition) is 6. The maximum Gasteiger partial charge on any atom is 0.259 e. The van der Waals surface area contributed by atoms with E-state index in [0.29, 0.717) is 17.5 Å². The molecule has 0 fully saturated rings. The number of H-pyrrole nitrogens is 1. The van der Waals surface area contributed by atoms with Gasteiger partial charge in [0, 0.05) is 11.4 Å².